The molecular formula is C20H16FNO4. The average molecular weight is 353 g/mol. The third-order valence-electron chi connectivity index (χ3n) is 3.67. The molecule has 0 bridgehead atoms. The van der Waals surface area contributed by atoms with E-state index >= 15 is 0 Å². The quantitative estimate of drug-likeness (QED) is 0.687. The SMILES string of the molecule is O=C(O[C@@H](C(=O)NCc1ccc(F)cc1)c1ccccc1)c1ccco1. The topological polar surface area (TPSA) is 68.5 Å². The van der Waals surface area contributed by atoms with E-state index in [-0.39, 0.29) is 18.1 Å². The van der Waals surface area contributed by atoms with Crippen LogP contribution in [0.25, 0.3) is 0 Å². The van der Waals surface area contributed by atoms with E-state index in [0.29, 0.717) is 5.56 Å². The highest BCUT2D eigenvalue weighted by molar-refractivity contribution is 5.90. The van der Waals surface area contributed by atoms with Crippen LogP contribution in [0.2, 0.25) is 0 Å². The lowest BCUT2D eigenvalue weighted by atomic mass is 10.1. The molecule has 0 aliphatic rings. The fourth-order valence-corrected chi connectivity index (χ4v) is 2.34. The van der Waals surface area contributed by atoms with Crippen LogP contribution in [0.4, 0.5) is 4.39 Å². The number of furan rings is 1. The van der Waals surface area contributed by atoms with Crippen molar-refractivity contribution in [2.24, 2.45) is 0 Å². The van der Waals surface area contributed by atoms with E-state index in [2.05, 4.69) is 5.32 Å². The van der Waals surface area contributed by atoms with Gasteiger partial charge in [-0.1, -0.05) is 42.5 Å². The lowest BCUT2D eigenvalue weighted by molar-refractivity contribution is -0.130. The number of ether oxygens (including phenoxy) is 1. The lowest BCUT2D eigenvalue weighted by Crippen LogP contribution is -2.31. The first-order valence-electron chi connectivity index (χ1n) is 7.95. The monoisotopic (exact) mass is 353 g/mol. The molecule has 1 heterocycles. The van der Waals surface area contributed by atoms with Gasteiger partial charge in [-0.15, -0.1) is 0 Å². The Morgan fingerprint density at radius 1 is 1.00 bits per heavy atom. The Bertz CT molecular complexity index is 861. The molecule has 1 atom stereocenters. The van der Waals surface area contributed by atoms with Gasteiger partial charge in [0.1, 0.15) is 5.82 Å². The highest BCUT2D eigenvalue weighted by atomic mass is 19.1. The molecule has 0 spiro atoms. The zero-order valence-electron chi connectivity index (χ0n) is 13.7. The molecule has 0 radical (unpaired) electrons. The van der Waals surface area contributed by atoms with Crippen LogP contribution in [0, 0.1) is 5.82 Å². The number of halogens is 1. The van der Waals surface area contributed by atoms with Gasteiger partial charge < -0.3 is 14.5 Å². The standard InChI is InChI=1S/C20H16FNO4/c21-16-10-8-14(9-11-16)13-22-19(23)18(15-5-2-1-3-6-15)26-20(24)17-7-4-12-25-17/h1-12,18H,13H2,(H,22,23)/t18-/m1/s1. The van der Waals surface area contributed by atoms with Crippen molar-refractivity contribution in [3.63, 3.8) is 0 Å². The predicted molar refractivity (Wildman–Crippen MR) is 91.6 cm³/mol. The Labute approximate surface area is 149 Å². The number of hydrogen-bond donors (Lipinski definition) is 1. The molecule has 3 rings (SSSR count). The summed E-state index contributed by atoms with van der Waals surface area (Å²) in [6.45, 7) is 0.181. The van der Waals surface area contributed by atoms with E-state index in [4.69, 9.17) is 9.15 Å². The Morgan fingerprint density at radius 3 is 2.38 bits per heavy atom. The zero-order chi connectivity index (χ0) is 18.4. The summed E-state index contributed by atoms with van der Waals surface area (Å²) in [5, 5.41) is 2.70. The molecule has 6 heteroatoms. The van der Waals surface area contributed by atoms with Crippen molar-refractivity contribution in [2.75, 3.05) is 0 Å². The maximum atomic E-state index is 13.0. The number of rotatable bonds is 6. The molecule has 132 valence electrons. The van der Waals surface area contributed by atoms with Crippen molar-refractivity contribution >= 4 is 11.9 Å². The van der Waals surface area contributed by atoms with Gasteiger partial charge >= 0.3 is 5.97 Å². The molecule has 26 heavy (non-hydrogen) atoms. The predicted octanol–water partition coefficient (Wildman–Crippen LogP) is 3.63. The summed E-state index contributed by atoms with van der Waals surface area (Å²) in [6.07, 6.45) is 0.220. The molecule has 0 aliphatic carbocycles. The summed E-state index contributed by atoms with van der Waals surface area (Å²) >= 11 is 0. The molecule has 1 amide bonds. The minimum atomic E-state index is -1.13. The van der Waals surface area contributed by atoms with Gasteiger partial charge in [0.05, 0.1) is 6.26 Å². The molecule has 1 N–H and O–H groups in total. The summed E-state index contributed by atoms with van der Waals surface area (Å²) in [5.41, 5.74) is 1.26. The van der Waals surface area contributed by atoms with Crippen molar-refractivity contribution in [1.82, 2.24) is 5.32 Å². The number of amides is 1. The van der Waals surface area contributed by atoms with Crippen LogP contribution in [0.15, 0.2) is 77.4 Å². The number of hydrogen-bond acceptors (Lipinski definition) is 4. The molecule has 5 nitrogen and oxygen atoms in total. The Kier molecular flexibility index (Phi) is 5.43. The van der Waals surface area contributed by atoms with Crippen LogP contribution in [0.3, 0.4) is 0 Å². The summed E-state index contributed by atoms with van der Waals surface area (Å²) in [6, 6.07) is 17.5. The van der Waals surface area contributed by atoms with E-state index in [1.54, 1.807) is 48.5 Å². The van der Waals surface area contributed by atoms with Gasteiger partial charge in [-0.3, -0.25) is 4.79 Å². The second-order valence-electron chi connectivity index (χ2n) is 5.52. The second kappa shape index (κ2) is 8.11. The molecule has 1 aromatic heterocycles. The smallest absolute Gasteiger partial charge is 0.375 e. The van der Waals surface area contributed by atoms with E-state index in [9.17, 15) is 14.0 Å². The maximum absolute atomic E-state index is 13.0. The van der Waals surface area contributed by atoms with Crippen LogP contribution in [0.5, 0.6) is 0 Å². The summed E-state index contributed by atoms with van der Waals surface area (Å²) < 4.78 is 23.3. The first-order valence-corrected chi connectivity index (χ1v) is 7.95. The Morgan fingerprint density at radius 2 is 1.73 bits per heavy atom. The van der Waals surface area contributed by atoms with Crippen LogP contribution in [0.1, 0.15) is 27.8 Å². The first kappa shape index (κ1) is 17.4. The van der Waals surface area contributed by atoms with Gasteiger partial charge in [-0.05, 0) is 29.8 Å². The van der Waals surface area contributed by atoms with Crippen molar-refractivity contribution in [3.05, 3.63) is 95.7 Å². The normalized spacial score (nSPS) is 11.6. The lowest BCUT2D eigenvalue weighted by Gasteiger charge is -2.17. The summed E-state index contributed by atoms with van der Waals surface area (Å²) in [7, 11) is 0. The highest BCUT2D eigenvalue weighted by Gasteiger charge is 2.26. The Balaban J connectivity index is 1.73. The third kappa shape index (κ3) is 4.36. The third-order valence-corrected chi connectivity index (χ3v) is 3.67. The van der Waals surface area contributed by atoms with Crippen molar-refractivity contribution in [2.45, 2.75) is 12.6 Å². The van der Waals surface area contributed by atoms with Crippen LogP contribution in [-0.4, -0.2) is 11.9 Å². The van der Waals surface area contributed by atoms with Gasteiger partial charge in [0.15, 0.2) is 0 Å². The molecule has 2 aromatic carbocycles. The van der Waals surface area contributed by atoms with E-state index in [1.165, 1.54) is 24.5 Å². The van der Waals surface area contributed by atoms with E-state index in [0.717, 1.165) is 5.56 Å². The van der Waals surface area contributed by atoms with Gasteiger partial charge in [-0.25, -0.2) is 9.18 Å². The maximum Gasteiger partial charge on any atom is 0.375 e. The van der Waals surface area contributed by atoms with Crippen molar-refractivity contribution < 1.29 is 23.1 Å². The van der Waals surface area contributed by atoms with Crippen LogP contribution < -0.4 is 5.32 Å². The van der Waals surface area contributed by atoms with Crippen molar-refractivity contribution in [1.29, 1.82) is 0 Å². The number of carbonyl (C=O) groups is 2. The highest BCUT2D eigenvalue weighted by Crippen LogP contribution is 2.20. The van der Waals surface area contributed by atoms with E-state index < -0.39 is 18.0 Å². The largest absolute Gasteiger partial charge is 0.457 e. The molecule has 0 aliphatic heterocycles. The second-order valence-corrected chi connectivity index (χ2v) is 5.52. The van der Waals surface area contributed by atoms with Gasteiger partial charge in [-0.2, -0.15) is 0 Å². The molecular weight excluding hydrogens is 337 g/mol. The fourth-order valence-electron chi connectivity index (χ4n) is 2.34. The minimum absolute atomic E-state index is 0.0114. The fraction of sp³-hybridized carbons (Fsp3) is 0.100. The van der Waals surface area contributed by atoms with Crippen molar-refractivity contribution in [3.8, 4) is 0 Å². The first-order chi connectivity index (χ1) is 12.6. The zero-order valence-corrected chi connectivity index (χ0v) is 13.7. The van der Waals surface area contributed by atoms with Crippen LogP contribution >= 0.6 is 0 Å². The van der Waals surface area contributed by atoms with E-state index in [1.807, 2.05) is 0 Å². The minimum Gasteiger partial charge on any atom is -0.457 e. The Hall–Kier alpha value is -3.41. The molecule has 0 saturated carbocycles. The van der Waals surface area contributed by atoms with Gasteiger partial charge in [0.25, 0.3) is 5.91 Å². The summed E-state index contributed by atoms with van der Waals surface area (Å²) in [4.78, 5) is 24.8. The average Bonchev–Trinajstić information content (AvgIpc) is 3.21. The molecule has 3 aromatic rings. The van der Waals surface area contributed by atoms with Gasteiger partial charge in [0.2, 0.25) is 11.9 Å². The van der Waals surface area contributed by atoms with Crippen LogP contribution in [-0.2, 0) is 16.1 Å². The molecule has 0 fully saturated rings. The number of esters is 1. The number of benzene rings is 2. The number of nitrogens with one attached hydrogen (secondary N) is 1. The van der Waals surface area contributed by atoms with Gasteiger partial charge in [0, 0.05) is 12.1 Å². The molecule has 0 unspecified atom stereocenters. The summed E-state index contributed by atoms with van der Waals surface area (Å²) in [5.74, 6) is -1.56. The molecule has 0 saturated heterocycles. The number of carbonyl (C=O) groups excluding carboxylic acids is 2.